The van der Waals surface area contributed by atoms with Crippen molar-refractivity contribution in [2.24, 2.45) is 17.8 Å². The summed E-state index contributed by atoms with van der Waals surface area (Å²) in [7, 11) is 0. The van der Waals surface area contributed by atoms with E-state index in [0.717, 1.165) is 79.6 Å². The first-order valence-corrected chi connectivity index (χ1v) is 22.6. The third-order valence-corrected chi connectivity index (χ3v) is 12.6. The van der Waals surface area contributed by atoms with E-state index in [9.17, 15) is 24.0 Å². The number of carbonyl (C=O) groups is 5. The van der Waals surface area contributed by atoms with Gasteiger partial charge < -0.3 is 40.2 Å². The minimum absolute atomic E-state index is 0.00295. The number of alkyl carbamates (subject to hydrolysis) is 2. The van der Waals surface area contributed by atoms with Gasteiger partial charge in [0, 0.05) is 49.2 Å². The van der Waals surface area contributed by atoms with Crippen LogP contribution in [0.5, 0.6) is 0 Å². The number of imidazole rings is 1. The fraction of sp³-hybridized carbons (Fsp3) is 0.583. The number of aromatic amines is 1. The van der Waals surface area contributed by atoms with Crippen LogP contribution in [0.4, 0.5) is 15.3 Å². The first-order chi connectivity index (χ1) is 29.5. The van der Waals surface area contributed by atoms with Gasteiger partial charge in [-0.15, -0.1) is 0 Å². The Balaban J connectivity index is 0.857. The normalized spacial score (nSPS) is 24.3. The van der Waals surface area contributed by atoms with Crippen molar-refractivity contribution >= 4 is 35.6 Å². The Morgan fingerprint density at radius 1 is 0.629 bits per heavy atom. The minimum atomic E-state index is -0.554. The number of carbonyl (C=O) groups excluding carboxylic acids is 5. The number of anilines is 1. The molecule has 2 saturated heterocycles. The fourth-order valence-corrected chi connectivity index (χ4v) is 9.39. The third kappa shape index (κ3) is 11.5. The second-order valence-corrected chi connectivity index (χ2v) is 19.7. The zero-order valence-electron chi connectivity index (χ0n) is 37.3. The quantitative estimate of drug-likeness (QED) is 0.166. The molecule has 62 heavy (non-hydrogen) atoms. The van der Waals surface area contributed by atoms with E-state index in [0.29, 0.717) is 44.6 Å². The highest BCUT2D eigenvalue weighted by atomic mass is 16.6. The molecular formula is C48H65N7O7. The maximum Gasteiger partial charge on any atom is 0.407 e. The zero-order chi connectivity index (χ0) is 44.2. The van der Waals surface area contributed by atoms with E-state index in [1.54, 1.807) is 0 Å². The molecule has 7 rings (SSSR count). The lowest BCUT2D eigenvalue weighted by Gasteiger charge is -2.33. The van der Waals surface area contributed by atoms with Crippen molar-refractivity contribution in [2.75, 3.05) is 25.0 Å². The van der Waals surface area contributed by atoms with E-state index in [1.807, 2.05) is 81.8 Å². The van der Waals surface area contributed by atoms with Gasteiger partial charge in [-0.1, -0.05) is 36.4 Å². The van der Waals surface area contributed by atoms with Gasteiger partial charge in [-0.2, -0.15) is 0 Å². The molecule has 334 valence electrons. The molecule has 2 atom stereocenters. The van der Waals surface area contributed by atoms with Gasteiger partial charge >= 0.3 is 12.2 Å². The highest BCUT2D eigenvalue weighted by Crippen LogP contribution is 2.36. The molecule has 3 heterocycles. The summed E-state index contributed by atoms with van der Waals surface area (Å²) in [4.78, 5) is 76.9. The number of rotatable bonds is 9. The first-order valence-electron chi connectivity index (χ1n) is 22.6. The number of ether oxygens (including phenoxy) is 2. The molecule has 2 aromatic carbocycles. The molecule has 0 bridgehead atoms. The number of aromatic nitrogens is 2. The maximum absolute atomic E-state index is 13.7. The summed E-state index contributed by atoms with van der Waals surface area (Å²) < 4.78 is 10.8. The average molecular weight is 852 g/mol. The molecule has 0 radical (unpaired) electrons. The number of amides is 5. The third-order valence-electron chi connectivity index (χ3n) is 12.6. The van der Waals surface area contributed by atoms with Gasteiger partial charge in [-0.25, -0.2) is 14.6 Å². The summed E-state index contributed by atoms with van der Waals surface area (Å²) >= 11 is 0. The Morgan fingerprint density at radius 2 is 1.15 bits per heavy atom. The van der Waals surface area contributed by atoms with Crippen molar-refractivity contribution in [2.45, 2.75) is 141 Å². The zero-order valence-corrected chi connectivity index (χ0v) is 37.3. The second kappa shape index (κ2) is 18.9. The van der Waals surface area contributed by atoms with Crippen molar-refractivity contribution in [3.8, 4) is 22.4 Å². The van der Waals surface area contributed by atoms with E-state index in [-0.39, 0.29) is 53.6 Å². The van der Waals surface area contributed by atoms with Crippen molar-refractivity contribution in [3.63, 3.8) is 0 Å². The SMILES string of the molecule is CC(C)(C)OC(=O)NC1CCC(C(=O)N2CC[C@H](C(=O)Nc3ccc(-c4ccc(-c5cnc([C@@H]6CCCN6C(=O)C6CCC(NC(=O)OC(C)(C)C)CC6)[nH]5)cc4)cc3)C2)CC1. The molecule has 1 aromatic heterocycles. The lowest BCUT2D eigenvalue weighted by molar-refractivity contribution is -0.138. The van der Waals surface area contributed by atoms with Gasteiger partial charge in [0.05, 0.1) is 23.9 Å². The number of hydrogen-bond donors (Lipinski definition) is 4. The van der Waals surface area contributed by atoms with Gasteiger partial charge in [-0.05, 0) is 141 Å². The van der Waals surface area contributed by atoms with Crippen LogP contribution in [0.2, 0.25) is 0 Å². The summed E-state index contributed by atoms with van der Waals surface area (Å²) in [6.45, 7) is 12.8. The molecule has 2 saturated carbocycles. The van der Waals surface area contributed by atoms with Crippen molar-refractivity contribution in [1.82, 2.24) is 30.4 Å². The smallest absolute Gasteiger partial charge is 0.407 e. The summed E-state index contributed by atoms with van der Waals surface area (Å²) in [5.41, 5.74) is 3.55. The lowest BCUT2D eigenvalue weighted by atomic mass is 9.85. The fourth-order valence-electron chi connectivity index (χ4n) is 9.39. The molecule has 0 spiro atoms. The van der Waals surface area contributed by atoms with Crippen LogP contribution in [0, 0.1) is 17.8 Å². The highest BCUT2D eigenvalue weighted by molar-refractivity contribution is 5.94. The topological polar surface area (TPSA) is 175 Å². The monoisotopic (exact) mass is 851 g/mol. The van der Waals surface area contributed by atoms with E-state index in [1.165, 1.54) is 0 Å². The number of H-pyrrole nitrogens is 1. The predicted molar refractivity (Wildman–Crippen MR) is 237 cm³/mol. The van der Waals surface area contributed by atoms with E-state index in [2.05, 4.69) is 45.2 Å². The van der Waals surface area contributed by atoms with Gasteiger partial charge in [-0.3, -0.25) is 14.4 Å². The molecule has 4 N–H and O–H groups in total. The minimum Gasteiger partial charge on any atom is -0.444 e. The number of benzene rings is 2. The van der Waals surface area contributed by atoms with Crippen LogP contribution in [-0.4, -0.2) is 92.6 Å². The molecular weight excluding hydrogens is 787 g/mol. The van der Waals surface area contributed by atoms with Crippen molar-refractivity contribution < 1.29 is 33.4 Å². The maximum atomic E-state index is 13.7. The Kier molecular flexibility index (Phi) is 13.6. The summed E-state index contributed by atoms with van der Waals surface area (Å²) in [6, 6.07) is 16.0. The second-order valence-electron chi connectivity index (χ2n) is 19.7. The molecule has 3 aromatic rings. The van der Waals surface area contributed by atoms with Crippen LogP contribution in [0.25, 0.3) is 22.4 Å². The van der Waals surface area contributed by atoms with Gasteiger partial charge in [0.15, 0.2) is 0 Å². The Hall–Kier alpha value is -5.40. The van der Waals surface area contributed by atoms with E-state index >= 15 is 0 Å². The Labute approximate surface area is 365 Å². The van der Waals surface area contributed by atoms with Gasteiger partial charge in [0.1, 0.15) is 17.0 Å². The van der Waals surface area contributed by atoms with Crippen LogP contribution in [0.3, 0.4) is 0 Å². The first kappa shape index (κ1) is 44.6. The highest BCUT2D eigenvalue weighted by Gasteiger charge is 2.38. The standard InChI is InChI=1S/C48H65N7O7/c1-47(2,3)61-45(59)51-37-21-15-33(16-22-37)43(57)54-27-25-35(29-54)42(56)50-36-19-13-31(14-20-36)30-9-11-32(12-10-30)39-28-49-41(53-39)40-8-7-26-55(40)44(58)34-17-23-38(24-18-34)52-46(60)62-48(4,5)6/h9-14,19-20,28,33-35,37-38,40H,7-8,15-18,21-27,29H2,1-6H3,(H,49,53)(H,50,56)(H,51,59)(H,52,60)/t33?,34?,35-,37?,38?,40-/m0/s1. The molecule has 2 aliphatic carbocycles. The molecule has 4 aliphatic rings. The molecule has 14 nitrogen and oxygen atoms in total. The van der Waals surface area contributed by atoms with Crippen LogP contribution in [-0.2, 0) is 23.9 Å². The van der Waals surface area contributed by atoms with Crippen LogP contribution in [0.1, 0.15) is 124 Å². The summed E-state index contributed by atoms with van der Waals surface area (Å²) in [6.07, 6.45) is 9.29. The number of hydrogen-bond acceptors (Lipinski definition) is 8. The Bertz CT molecular complexity index is 2050. The van der Waals surface area contributed by atoms with Crippen molar-refractivity contribution in [3.05, 3.63) is 60.6 Å². The van der Waals surface area contributed by atoms with E-state index in [4.69, 9.17) is 14.5 Å². The van der Waals surface area contributed by atoms with Gasteiger partial charge in [0.2, 0.25) is 17.7 Å². The largest absolute Gasteiger partial charge is 0.444 e. The van der Waals surface area contributed by atoms with E-state index < -0.39 is 23.4 Å². The van der Waals surface area contributed by atoms with Crippen LogP contribution < -0.4 is 16.0 Å². The lowest BCUT2D eigenvalue weighted by Crippen LogP contribution is -2.43. The Morgan fingerprint density at radius 3 is 1.69 bits per heavy atom. The summed E-state index contributed by atoms with van der Waals surface area (Å²) in [5.74, 6) is 0.589. The van der Waals surface area contributed by atoms with Crippen LogP contribution >= 0.6 is 0 Å². The molecule has 2 aliphatic heterocycles. The van der Waals surface area contributed by atoms with Crippen LogP contribution in [0.15, 0.2) is 54.7 Å². The average Bonchev–Trinajstić information content (AvgIpc) is 4.02. The molecule has 0 unspecified atom stereocenters. The molecule has 4 fully saturated rings. The predicted octanol–water partition coefficient (Wildman–Crippen LogP) is 8.36. The molecule has 14 heteroatoms. The number of nitrogens with one attached hydrogen (secondary N) is 4. The molecule has 5 amide bonds. The number of nitrogens with zero attached hydrogens (tertiary/aromatic N) is 3. The van der Waals surface area contributed by atoms with Gasteiger partial charge in [0.25, 0.3) is 0 Å². The number of likely N-dealkylation sites (tertiary alicyclic amines) is 2. The summed E-state index contributed by atoms with van der Waals surface area (Å²) in [5, 5.41) is 8.97. The van der Waals surface area contributed by atoms with Crippen molar-refractivity contribution in [1.29, 1.82) is 0 Å².